The molecule has 70 valence electrons. The molecule has 1 N–H and O–H groups in total. The second kappa shape index (κ2) is 2.84. The van der Waals surface area contributed by atoms with Crippen molar-refractivity contribution in [1.82, 2.24) is 5.32 Å². The summed E-state index contributed by atoms with van der Waals surface area (Å²) in [6.07, 6.45) is 2.15. The fourth-order valence-corrected chi connectivity index (χ4v) is 2.25. The van der Waals surface area contributed by atoms with Crippen LogP contribution in [0.5, 0.6) is 0 Å². The molecule has 2 heteroatoms. The first kappa shape index (κ1) is 9.72. The van der Waals surface area contributed by atoms with Crippen LogP contribution in [0.25, 0.3) is 0 Å². The number of hydrogen-bond acceptors (Lipinski definition) is 2. The van der Waals surface area contributed by atoms with E-state index in [2.05, 4.69) is 38.0 Å². The molecule has 12 heavy (non-hydrogen) atoms. The Balaban J connectivity index is 2.80. The summed E-state index contributed by atoms with van der Waals surface area (Å²) in [5.74, 6) is 0. The highest BCUT2D eigenvalue weighted by Gasteiger charge is 2.34. The Kier molecular flexibility index (Phi) is 2.30. The summed E-state index contributed by atoms with van der Waals surface area (Å²) < 4.78 is 0. The number of piperidine rings is 1. The van der Waals surface area contributed by atoms with Crippen LogP contribution in [-0.2, 0) is 0 Å². The third-order valence-electron chi connectivity index (χ3n) is 2.29. The fraction of sp³-hybridized carbons (Fsp3) is 0.900. The van der Waals surface area contributed by atoms with Gasteiger partial charge in [-0.3, -0.25) is 4.99 Å². The molecule has 1 rings (SSSR count). The minimum absolute atomic E-state index is 0.205. The lowest BCUT2D eigenvalue weighted by Gasteiger charge is -2.43. The van der Waals surface area contributed by atoms with Crippen molar-refractivity contribution >= 4 is 5.71 Å². The Morgan fingerprint density at radius 2 is 1.50 bits per heavy atom. The minimum atomic E-state index is 0.205. The molecule has 0 aromatic rings. The van der Waals surface area contributed by atoms with E-state index in [0.29, 0.717) is 0 Å². The summed E-state index contributed by atoms with van der Waals surface area (Å²) in [7, 11) is 1.90. The minimum Gasteiger partial charge on any atom is -0.306 e. The summed E-state index contributed by atoms with van der Waals surface area (Å²) in [5.41, 5.74) is 1.75. The van der Waals surface area contributed by atoms with E-state index < -0.39 is 0 Å². The van der Waals surface area contributed by atoms with E-state index >= 15 is 0 Å². The van der Waals surface area contributed by atoms with Gasteiger partial charge >= 0.3 is 0 Å². The van der Waals surface area contributed by atoms with Crippen molar-refractivity contribution in [2.75, 3.05) is 7.05 Å². The molecule has 0 aromatic heterocycles. The van der Waals surface area contributed by atoms with E-state index in [1.165, 1.54) is 5.71 Å². The van der Waals surface area contributed by atoms with Crippen LogP contribution in [0.1, 0.15) is 40.5 Å². The smallest absolute Gasteiger partial charge is 0.0276 e. The maximum atomic E-state index is 4.32. The van der Waals surface area contributed by atoms with E-state index in [1.807, 2.05) is 7.05 Å². The van der Waals surface area contributed by atoms with Gasteiger partial charge in [-0.2, -0.15) is 0 Å². The van der Waals surface area contributed by atoms with Crippen molar-refractivity contribution in [3.63, 3.8) is 0 Å². The Labute approximate surface area is 75.5 Å². The SMILES string of the molecule is CN=C1CC(C)(C)NC(C)(C)C1. The van der Waals surface area contributed by atoms with Crippen LogP contribution < -0.4 is 5.32 Å². The van der Waals surface area contributed by atoms with Crippen LogP contribution in [0, 0.1) is 0 Å². The zero-order valence-corrected chi connectivity index (χ0v) is 8.86. The van der Waals surface area contributed by atoms with Crippen LogP contribution in [0.3, 0.4) is 0 Å². The fourth-order valence-electron chi connectivity index (χ4n) is 2.25. The molecule has 1 heterocycles. The molecule has 0 unspecified atom stereocenters. The summed E-state index contributed by atoms with van der Waals surface area (Å²) >= 11 is 0. The predicted octanol–water partition coefficient (Wildman–Crippen LogP) is 2.00. The summed E-state index contributed by atoms with van der Waals surface area (Å²) in [4.78, 5) is 4.32. The first-order chi connectivity index (χ1) is 5.35. The molecule has 0 amide bonds. The molecule has 1 saturated heterocycles. The summed E-state index contributed by atoms with van der Waals surface area (Å²) in [5, 5.41) is 3.62. The third kappa shape index (κ3) is 2.31. The largest absolute Gasteiger partial charge is 0.306 e. The third-order valence-corrected chi connectivity index (χ3v) is 2.29. The Morgan fingerprint density at radius 3 is 1.83 bits per heavy atom. The molecular weight excluding hydrogens is 148 g/mol. The van der Waals surface area contributed by atoms with Gasteiger partial charge in [-0.15, -0.1) is 0 Å². The maximum Gasteiger partial charge on any atom is 0.0276 e. The van der Waals surface area contributed by atoms with E-state index in [4.69, 9.17) is 0 Å². The van der Waals surface area contributed by atoms with Crippen molar-refractivity contribution in [3.8, 4) is 0 Å². The van der Waals surface area contributed by atoms with Gasteiger partial charge in [0, 0.05) is 36.7 Å². The zero-order valence-electron chi connectivity index (χ0n) is 8.86. The molecular formula is C10H20N2. The van der Waals surface area contributed by atoms with Gasteiger partial charge in [0.25, 0.3) is 0 Å². The van der Waals surface area contributed by atoms with Crippen LogP contribution in [-0.4, -0.2) is 23.8 Å². The Morgan fingerprint density at radius 1 is 1.08 bits per heavy atom. The lowest BCUT2D eigenvalue weighted by molar-refractivity contribution is 0.252. The van der Waals surface area contributed by atoms with Gasteiger partial charge in [0.1, 0.15) is 0 Å². The van der Waals surface area contributed by atoms with Crippen molar-refractivity contribution in [2.24, 2.45) is 4.99 Å². The molecule has 0 aliphatic carbocycles. The second-order valence-corrected chi connectivity index (χ2v) is 5.04. The molecule has 0 spiro atoms. The zero-order chi connectivity index (χ0) is 9.41. The first-order valence-corrected chi connectivity index (χ1v) is 4.59. The number of nitrogens with one attached hydrogen (secondary N) is 1. The monoisotopic (exact) mass is 168 g/mol. The number of nitrogens with zero attached hydrogens (tertiary/aromatic N) is 1. The van der Waals surface area contributed by atoms with E-state index in [9.17, 15) is 0 Å². The van der Waals surface area contributed by atoms with Gasteiger partial charge in [-0.1, -0.05) is 0 Å². The number of rotatable bonds is 0. The van der Waals surface area contributed by atoms with Crippen LogP contribution in [0.2, 0.25) is 0 Å². The molecule has 0 saturated carbocycles. The highest BCUT2D eigenvalue weighted by molar-refractivity contribution is 5.87. The quantitative estimate of drug-likeness (QED) is 0.588. The predicted molar refractivity (Wildman–Crippen MR) is 53.9 cm³/mol. The Bertz CT molecular complexity index is 184. The van der Waals surface area contributed by atoms with Crippen LogP contribution in [0.4, 0.5) is 0 Å². The molecule has 0 aromatic carbocycles. The van der Waals surface area contributed by atoms with E-state index in [0.717, 1.165) is 12.8 Å². The first-order valence-electron chi connectivity index (χ1n) is 4.59. The van der Waals surface area contributed by atoms with Gasteiger partial charge in [0.15, 0.2) is 0 Å². The van der Waals surface area contributed by atoms with E-state index in [1.54, 1.807) is 0 Å². The highest BCUT2D eigenvalue weighted by Crippen LogP contribution is 2.26. The molecule has 1 aliphatic rings. The van der Waals surface area contributed by atoms with Crippen molar-refractivity contribution in [2.45, 2.75) is 51.6 Å². The molecule has 1 aliphatic heterocycles. The average molecular weight is 168 g/mol. The molecule has 0 atom stereocenters. The summed E-state index contributed by atoms with van der Waals surface area (Å²) in [6.45, 7) is 8.94. The molecule has 0 bridgehead atoms. The molecule has 2 nitrogen and oxygen atoms in total. The number of hydrogen-bond donors (Lipinski definition) is 1. The second-order valence-electron chi connectivity index (χ2n) is 5.04. The van der Waals surface area contributed by atoms with E-state index in [-0.39, 0.29) is 11.1 Å². The van der Waals surface area contributed by atoms with Crippen LogP contribution in [0.15, 0.2) is 4.99 Å². The molecule has 1 fully saturated rings. The van der Waals surface area contributed by atoms with Gasteiger partial charge in [0.05, 0.1) is 0 Å². The van der Waals surface area contributed by atoms with Crippen LogP contribution >= 0.6 is 0 Å². The molecule has 0 radical (unpaired) electrons. The normalized spacial score (nSPS) is 26.9. The van der Waals surface area contributed by atoms with Crippen molar-refractivity contribution < 1.29 is 0 Å². The van der Waals surface area contributed by atoms with Gasteiger partial charge < -0.3 is 5.32 Å². The maximum absolute atomic E-state index is 4.32. The lowest BCUT2D eigenvalue weighted by atomic mass is 9.81. The lowest BCUT2D eigenvalue weighted by Crippen LogP contribution is -2.58. The Hall–Kier alpha value is -0.370. The van der Waals surface area contributed by atoms with Gasteiger partial charge in [-0.25, -0.2) is 0 Å². The highest BCUT2D eigenvalue weighted by atomic mass is 15.1. The average Bonchev–Trinajstić information content (AvgIpc) is 1.80. The standard InChI is InChI=1S/C10H20N2/c1-9(2)6-8(11-5)7-10(3,4)12-9/h12H,6-7H2,1-5H3. The van der Waals surface area contributed by atoms with Crippen molar-refractivity contribution in [1.29, 1.82) is 0 Å². The topological polar surface area (TPSA) is 24.4 Å². The van der Waals surface area contributed by atoms with Gasteiger partial charge in [-0.05, 0) is 27.7 Å². The number of aliphatic imine (C=N–C) groups is 1. The van der Waals surface area contributed by atoms with Gasteiger partial charge in [0.2, 0.25) is 0 Å². The summed E-state index contributed by atoms with van der Waals surface area (Å²) in [6, 6.07) is 0. The van der Waals surface area contributed by atoms with Crippen molar-refractivity contribution in [3.05, 3.63) is 0 Å².